The number of hydrogen-bond acceptors (Lipinski definition) is 4. The van der Waals surface area contributed by atoms with Crippen molar-refractivity contribution in [3.8, 4) is 22.9 Å². The van der Waals surface area contributed by atoms with Crippen LogP contribution in [0.4, 0.5) is 5.82 Å². The quantitative estimate of drug-likeness (QED) is 0.429. The molecule has 4 aromatic rings. The molecule has 0 spiro atoms. The first-order chi connectivity index (χ1) is 15.0. The third-order valence-corrected chi connectivity index (χ3v) is 5.72. The van der Waals surface area contributed by atoms with Crippen LogP contribution in [0, 0.1) is 0 Å². The van der Waals surface area contributed by atoms with Gasteiger partial charge < -0.3 is 19.2 Å². The smallest absolute Gasteiger partial charge is 0.355 e. The number of carbonyl (C=O) groups excluding carboxylic acids is 1. The van der Waals surface area contributed by atoms with E-state index in [0.29, 0.717) is 28.5 Å². The van der Waals surface area contributed by atoms with Crippen molar-refractivity contribution >= 4 is 22.6 Å². The number of fused-ring (bicyclic) bond motifs is 4. The van der Waals surface area contributed by atoms with Crippen LogP contribution in [0.2, 0.25) is 0 Å². The Morgan fingerprint density at radius 1 is 1.06 bits per heavy atom. The summed E-state index contributed by atoms with van der Waals surface area (Å²) in [7, 11) is 6.60. The number of benzene rings is 2. The molecular formula is C23H23N4O4+. The Kier molecular flexibility index (Phi) is 4.35. The maximum atomic E-state index is 13.0. The Bertz CT molecular complexity index is 1340. The Morgan fingerprint density at radius 2 is 1.84 bits per heavy atom. The first-order valence-electron chi connectivity index (χ1n) is 9.88. The molecule has 1 aliphatic heterocycles. The number of methoxy groups -OCH3 is 3. The molecule has 0 fully saturated rings. The lowest BCUT2D eigenvalue weighted by Gasteiger charge is -2.12. The monoisotopic (exact) mass is 419 g/mol. The second kappa shape index (κ2) is 7.09. The fraction of sp³-hybridized carbons (Fsp3) is 0.217. The minimum Gasteiger partial charge on any atom is -0.493 e. The van der Waals surface area contributed by atoms with Gasteiger partial charge in [-0.15, -0.1) is 0 Å². The molecule has 1 aliphatic rings. The highest BCUT2D eigenvalue weighted by atomic mass is 16.5. The molecule has 0 atom stereocenters. The highest BCUT2D eigenvalue weighted by molar-refractivity contribution is 6.06. The number of rotatable bonds is 5. The van der Waals surface area contributed by atoms with Gasteiger partial charge in [-0.3, -0.25) is 0 Å². The number of ether oxygens (including phenoxy) is 3. The summed E-state index contributed by atoms with van der Waals surface area (Å²) in [6, 6.07) is 13.9. The molecule has 0 saturated carbocycles. The van der Waals surface area contributed by atoms with Crippen LogP contribution in [0.5, 0.6) is 17.2 Å². The van der Waals surface area contributed by atoms with Gasteiger partial charge in [0.05, 0.1) is 44.3 Å². The summed E-state index contributed by atoms with van der Waals surface area (Å²) in [6.45, 7) is 0. The number of aromatic nitrogens is 3. The molecule has 158 valence electrons. The van der Waals surface area contributed by atoms with Gasteiger partial charge in [0.2, 0.25) is 5.75 Å². The van der Waals surface area contributed by atoms with Crippen molar-refractivity contribution in [1.82, 2.24) is 9.67 Å². The van der Waals surface area contributed by atoms with Crippen molar-refractivity contribution in [3.63, 3.8) is 0 Å². The van der Waals surface area contributed by atoms with E-state index in [1.807, 2.05) is 36.0 Å². The van der Waals surface area contributed by atoms with Gasteiger partial charge in [-0.05, 0) is 23.8 Å². The predicted octanol–water partition coefficient (Wildman–Crippen LogP) is 2.97. The van der Waals surface area contributed by atoms with Crippen molar-refractivity contribution in [2.45, 2.75) is 6.42 Å². The molecule has 0 bridgehead atoms. The Hall–Kier alpha value is -3.94. The topological polar surface area (TPSA) is 81.4 Å². The molecule has 0 saturated heterocycles. The van der Waals surface area contributed by atoms with E-state index in [2.05, 4.69) is 27.1 Å². The number of nitrogens with zero attached hydrogens (tertiary/aromatic N) is 2. The number of H-pyrrole nitrogens is 1. The van der Waals surface area contributed by atoms with E-state index in [0.717, 1.165) is 29.0 Å². The fourth-order valence-electron chi connectivity index (χ4n) is 4.28. The number of aromatic amines is 1. The summed E-state index contributed by atoms with van der Waals surface area (Å²) >= 11 is 0. The van der Waals surface area contributed by atoms with Gasteiger partial charge in [-0.1, -0.05) is 18.2 Å². The van der Waals surface area contributed by atoms with Gasteiger partial charge in [0, 0.05) is 11.8 Å². The summed E-state index contributed by atoms with van der Waals surface area (Å²) in [5, 5.41) is 3.80. The first-order valence-corrected chi connectivity index (χ1v) is 9.88. The highest BCUT2D eigenvalue weighted by Gasteiger charge is 2.29. The van der Waals surface area contributed by atoms with E-state index in [-0.39, 0.29) is 5.91 Å². The molecule has 8 nitrogen and oxygen atoms in total. The second-order valence-corrected chi connectivity index (χ2v) is 7.41. The summed E-state index contributed by atoms with van der Waals surface area (Å²) < 4.78 is 20.4. The molecule has 3 heterocycles. The molecule has 8 heteroatoms. The van der Waals surface area contributed by atoms with Crippen molar-refractivity contribution in [1.29, 1.82) is 0 Å². The Morgan fingerprint density at radius 3 is 2.58 bits per heavy atom. The summed E-state index contributed by atoms with van der Waals surface area (Å²) in [5.41, 5.74) is 4.62. The third kappa shape index (κ3) is 2.83. The molecular weight excluding hydrogens is 396 g/mol. The van der Waals surface area contributed by atoms with Crippen LogP contribution in [0.3, 0.4) is 0 Å². The number of nitrogens with one attached hydrogen (secondary N) is 2. The standard InChI is InChI=1S/C23H22N4O4/c1-26-19(12-15-9-13-7-5-6-8-17(13)27(15)26)25-23(28)16-10-14-11-18(29-2)21(30-3)22(31-4)20(14)24-16/h5-8,10-12H,9H2,1-4H3,(H,24,28)/p+1. The average molecular weight is 419 g/mol. The van der Waals surface area contributed by atoms with E-state index < -0.39 is 0 Å². The predicted molar refractivity (Wildman–Crippen MR) is 116 cm³/mol. The lowest BCUT2D eigenvalue weighted by molar-refractivity contribution is -0.731. The van der Waals surface area contributed by atoms with Crippen LogP contribution >= 0.6 is 0 Å². The molecule has 5 rings (SSSR count). The first kappa shape index (κ1) is 19.0. The van der Waals surface area contributed by atoms with E-state index in [1.54, 1.807) is 27.4 Å². The summed E-state index contributed by atoms with van der Waals surface area (Å²) in [6.07, 6.45) is 0.836. The van der Waals surface area contributed by atoms with Crippen LogP contribution in [0.1, 0.15) is 21.7 Å². The number of para-hydroxylation sites is 1. The minimum absolute atomic E-state index is 0.246. The van der Waals surface area contributed by atoms with Gasteiger partial charge in [0.25, 0.3) is 0 Å². The SMILES string of the molecule is COc1cc2cc(C(=O)Nc3cc4n([n+]3C)-c3ccccc3C4)[nH]c2c(OC)c1OC. The van der Waals surface area contributed by atoms with Gasteiger partial charge in [0.15, 0.2) is 11.5 Å². The number of carbonyl (C=O) groups is 1. The van der Waals surface area contributed by atoms with Crippen LogP contribution in [0.25, 0.3) is 16.6 Å². The number of hydrogen-bond donors (Lipinski definition) is 2. The van der Waals surface area contributed by atoms with Gasteiger partial charge in [-0.25, -0.2) is 10.1 Å². The molecule has 2 aromatic heterocycles. The van der Waals surface area contributed by atoms with Crippen molar-refractivity contribution in [2.75, 3.05) is 26.6 Å². The van der Waals surface area contributed by atoms with Gasteiger partial charge in [0.1, 0.15) is 12.7 Å². The molecule has 2 aromatic carbocycles. The maximum absolute atomic E-state index is 13.0. The van der Waals surface area contributed by atoms with E-state index in [4.69, 9.17) is 14.2 Å². The van der Waals surface area contributed by atoms with Crippen LogP contribution < -0.4 is 24.2 Å². The molecule has 0 unspecified atom stereocenters. The molecule has 0 radical (unpaired) electrons. The number of amides is 1. The van der Waals surface area contributed by atoms with E-state index in [1.165, 1.54) is 5.56 Å². The molecule has 1 amide bonds. The third-order valence-electron chi connectivity index (χ3n) is 5.72. The van der Waals surface area contributed by atoms with Crippen molar-refractivity contribution in [2.24, 2.45) is 7.05 Å². The van der Waals surface area contributed by atoms with Crippen LogP contribution in [0.15, 0.2) is 42.5 Å². The van der Waals surface area contributed by atoms with Crippen molar-refractivity contribution in [3.05, 3.63) is 59.4 Å². The van der Waals surface area contributed by atoms with Gasteiger partial charge in [-0.2, -0.15) is 9.36 Å². The zero-order chi connectivity index (χ0) is 21.7. The van der Waals surface area contributed by atoms with E-state index >= 15 is 0 Å². The van der Waals surface area contributed by atoms with E-state index in [9.17, 15) is 4.79 Å². The molecule has 2 N–H and O–H groups in total. The average Bonchev–Trinajstić information content (AvgIpc) is 3.45. The largest absolute Gasteiger partial charge is 0.493 e. The highest BCUT2D eigenvalue weighted by Crippen LogP contribution is 2.43. The van der Waals surface area contributed by atoms with Crippen LogP contribution in [-0.2, 0) is 13.5 Å². The lowest BCUT2D eigenvalue weighted by atomic mass is 10.1. The zero-order valence-corrected chi connectivity index (χ0v) is 17.8. The maximum Gasteiger partial charge on any atom is 0.355 e. The lowest BCUT2D eigenvalue weighted by Crippen LogP contribution is -2.41. The summed E-state index contributed by atoms with van der Waals surface area (Å²) in [5.74, 6) is 1.97. The molecule has 0 aliphatic carbocycles. The van der Waals surface area contributed by atoms with Crippen molar-refractivity contribution < 1.29 is 23.7 Å². The Balaban J connectivity index is 1.50. The van der Waals surface area contributed by atoms with Gasteiger partial charge >= 0.3 is 11.7 Å². The molecule has 31 heavy (non-hydrogen) atoms. The fourth-order valence-corrected chi connectivity index (χ4v) is 4.28. The minimum atomic E-state index is -0.246. The number of anilines is 1. The summed E-state index contributed by atoms with van der Waals surface area (Å²) in [4.78, 5) is 16.2. The zero-order valence-electron chi connectivity index (χ0n) is 17.8. The normalized spacial score (nSPS) is 11.9. The Labute approximate surface area is 178 Å². The van der Waals surface area contributed by atoms with Crippen LogP contribution in [-0.4, -0.2) is 36.9 Å². The second-order valence-electron chi connectivity index (χ2n) is 7.41.